The van der Waals surface area contributed by atoms with Gasteiger partial charge in [-0.3, -0.25) is 14.4 Å². The molecule has 0 aliphatic rings. The Kier molecular flexibility index (Phi) is 13.4. The molecule has 39 heavy (non-hydrogen) atoms. The highest BCUT2D eigenvalue weighted by atomic mass is 16.6. The molecule has 1 unspecified atom stereocenters. The summed E-state index contributed by atoms with van der Waals surface area (Å²) in [5, 5.41) is 17.2. The monoisotopic (exact) mass is 549 g/mol. The molecule has 0 saturated carbocycles. The lowest BCUT2D eigenvalue weighted by atomic mass is 9.98. The smallest absolute Gasteiger partial charge is 0.408 e. The lowest BCUT2D eigenvalue weighted by Gasteiger charge is -2.27. The molecule has 0 aromatic heterocycles. The van der Waals surface area contributed by atoms with Crippen LogP contribution in [0.4, 0.5) is 4.79 Å². The van der Waals surface area contributed by atoms with Gasteiger partial charge in [0.25, 0.3) is 0 Å². The Bertz CT molecular complexity index is 975. The summed E-state index contributed by atoms with van der Waals surface area (Å²) in [5.41, 5.74) is 0.0295. The third kappa shape index (κ3) is 12.6. The first-order valence-corrected chi connectivity index (χ1v) is 13.2. The second kappa shape index (κ2) is 15.7. The quantitative estimate of drug-likeness (QED) is 0.257. The number of carboxylic acids is 1. The zero-order valence-electron chi connectivity index (χ0n) is 23.9. The molecule has 11 heteroatoms. The van der Waals surface area contributed by atoms with Gasteiger partial charge in [0.2, 0.25) is 11.8 Å². The van der Waals surface area contributed by atoms with Crippen LogP contribution >= 0.6 is 0 Å². The molecule has 0 saturated heterocycles. The van der Waals surface area contributed by atoms with Crippen molar-refractivity contribution >= 4 is 29.8 Å². The van der Waals surface area contributed by atoms with Gasteiger partial charge < -0.3 is 30.5 Å². The molecule has 0 aliphatic heterocycles. The highest BCUT2D eigenvalue weighted by Gasteiger charge is 2.33. The summed E-state index contributed by atoms with van der Waals surface area (Å²) in [6.07, 6.45) is -0.653. The predicted molar refractivity (Wildman–Crippen MR) is 144 cm³/mol. The maximum absolute atomic E-state index is 13.2. The Hall–Kier alpha value is -3.63. The molecule has 0 spiro atoms. The Morgan fingerprint density at radius 1 is 0.897 bits per heavy atom. The van der Waals surface area contributed by atoms with Crippen molar-refractivity contribution in [3.05, 3.63) is 35.9 Å². The number of ether oxygens (including phenoxy) is 2. The van der Waals surface area contributed by atoms with Crippen LogP contribution < -0.4 is 16.0 Å². The standard InChI is InChI=1S/C28H43N3O8/c1-8-18(4)23(26(35)36)30-24(33)20(14-15-21(32)39-28(5,6)7)29-25(34)22(17(2)3)31-27(37)38-16-19-12-10-9-11-13-19/h9-13,17-18,20,22-23H,8,14-16H2,1-7H3,(H,29,34)(H,30,33)(H,31,37)(H,35,36)/t18?,20-,22-,23+/m0/s1. The minimum absolute atomic E-state index is 0.00617. The molecule has 0 bridgehead atoms. The van der Waals surface area contributed by atoms with Gasteiger partial charge in [0.05, 0.1) is 0 Å². The van der Waals surface area contributed by atoms with Gasteiger partial charge in [-0.05, 0) is 44.6 Å². The maximum atomic E-state index is 13.2. The summed E-state index contributed by atoms with van der Waals surface area (Å²) in [6, 6.07) is 5.53. The molecule has 1 aromatic carbocycles. The van der Waals surface area contributed by atoms with Gasteiger partial charge in [-0.2, -0.15) is 0 Å². The molecule has 0 heterocycles. The molecular formula is C28H43N3O8. The van der Waals surface area contributed by atoms with Crippen molar-refractivity contribution in [2.24, 2.45) is 11.8 Å². The molecule has 3 amide bonds. The largest absolute Gasteiger partial charge is 0.480 e. The molecule has 0 radical (unpaired) electrons. The van der Waals surface area contributed by atoms with E-state index in [2.05, 4.69) is 16.0 Å². The minimum atomic E-state index is -1.25. The van der Waals surface area contributed by atoms with E-state index in [1.807, 2.05) is 6.07 Å². The van der Waals surface area contributed by atoms with E-state index in [0.29, 0.717) is 6.42 Å². The van der Waals surface area contributed by atoms with E-state index < -0.39 is 53.6 Å². The van der Waals surface area contributed by atoms with Crippen molar-refractivity contribution in [2.75, 3.05) is 0 Å². The topological polar surface area (TPSA) is 160 Å². The summed E-state index contributed by atoms with van der Waals surface area (Å²) < 4.78 is 10.5. The first-order valence-electron chi connectivity index (χ1n) is 13.2. The van der Waals surface area contributed by atoms with Crippen molar-refractivity contribution < 1.29 is 38.6 Å². The van der Waals surface area contributed by atoms with Crippen LogP contribution in [0.2, 0.25) is 0 Å². The van der Waals surface area contributed by atoms with Crippen LogP contribution in [-0.2, 0) is 35.3 Å². The van der Waals surface area contributed by atoms with Gasteiger partial charge in [-0.25, -0.2) is 9.59 Å². The van der Waals surface area contributed by atoms with E-state index in [1.54, 1.807) is 72.7 Å². The Morgan fingerprint density at radius 3 is 2.03 bits per heavy atom. The van der Waals surface area contributed by atoms with Gasteiger partial charge in [-0.1, -0.05) is 64.4 Å². The average molecular weight is 550 g/mol. The third-order valence-electron chi connectivity index (χ3n) is 5.90. The van der Waals surface area contributed by atoms with E-state index >= 15 is 0 Å². The zero-order chi connectivity index (χ0) is 29.8. The number of amides is 3. The second-order valence-electron chi connectivity index (χ2n) is 10.8. The van der Waals surface area contributed by atoms with Gasteiger partial charge in [0, 0.05) is 6.42 Å². The second-order valence-corrected chi connectivity index (χ2v) is 10.8. The highest BCUT2D eigenvalue weighted by Crippen LogP contribution is 2.13. The minimum Gasteiger partial charge on any atom is -0.480 e. The molecule has 1 aromatic rings. The van der Waals surface area contributed by atoms with Crippen LogP contribution in [0, 0.1) is 11.8 Å². The molecule has 218 valence electrons. The van der Waals surface area contributed by atoms with Crippen molar-refractivity contribution in [3.63, 3.8) is 0 Å². The number of esters is 1. The van der Waals surface area contributed by atoms with Crippen LogP contribution in [0.3, 0.4) is 0 Å². The molecule has 4 atom stereocenters. The molecule has 0 aliphatic carbocycles. The number of nitrogens with one attached hydrogen (secondary N) is 3. The molecule has 0 fully saturated rings. The first kappa shape index (κ1) is 33.4. The van der Waals surface area contributed by atoms with Gasteiger partial charge in [-0.15, -0.1) is 0 Å². The number of rotatable bonds is 14. The SMILES string of the molecule is CCC(C)[C@@H](NC(=O)[C@H](CCC(=O)OC(C)(C)C)NC(=O)[C@@H](NC(=O)OCc1ccccc1)C(C)C)C(=O)O. The van der Waals surface area contributed by atoms with E-state index in [0.717, 1.165) is 5.56 Å². The average Bonchev–Trinajstić information content (AvgIpc) is 2.85. The molecule has 11 nitrogen and oxygen atoms in total. The number of aliphatic carboxylic acids is 1. The van der Waals surface area contributed by atoms with E-state index in [-0.39, 0.29) is 31.3 Å². The number of benzene rings is 1. The Morgan fingerprint density at radius 2 is 1.51 bits per heavy atom. The molecule has 4 N–H and O–H groups in total. The van der Waals surface area contributed by atoms with Crippen LogP contribution in [0.25, 0.3) is 0 Å². The number of alkyl carbamates (subject to hydrolysis) is 1. The van der Waals surface area contributed by atoms with E-state index in [1.165, 1.54) is 0 Å². The number of hydrogen-bond donors (Lipinski definition) is 4. The normalized spacial score (nSPS) is 14.4. The van der Waals surface area contributed by atoms with Crippen LogP contribution in [0.5, 0.6) is 0 Å². The summed E-state index contributed by atoms with van der Waals surface area (Å²) >= 11 is 0. The lowest BCUT2D eigenvalue weighted by Crippen LogP contribution is -2.57. The Balaban J connectivity index is 3.00. The van der Waals surface area contributed by atoms with E-state index in [4.69, 9.17) is 9.47 Å². The fourth-order valence-corrected chi connectivity index (χ4v) is 3.55. The molecular weight excluding hydrogens is 506 g/mol. The zero-order valence-corrected chi connectivity index (χ0v) is 23.9. The van der Waals surface area contributed by atoms with Crippen LogP contribution in [0.15, 0.2) is 30.3 Å². The van der Waals surface area contributed by atoms with Crippen molar-refractivity contribution in [1.29, 1.82) is 0 Å². The van der Waals surface area contributed by atoms with Gasteiger partial charge in [0.15, 0.2) is 0 Å². The molecule has 1 rings (SSSR count). The number of carbonyl (C=O) groups excluding carboxylic acids is 4. The third-order valence-corrected chi connectivity index (χ3v) is 5.90. The summed E-state index contributed by atoms with van der Waals surface area (Å²) in [4.78, 5) is 62.8. The van der Waals surface area contributed by atoms with Crippen molar-refractivity contribution in [3.8, 4) is 0 Å². The van der Waals surface area contributed by atoms with E-state index in [9.17, 15) is 29.1 Å². The Labute approximate surface area is 230 Å². The lowest BCUT2D eigenvalue weighted by molar-refractivity contribution is -0.155. The fraction of sp³-hybridized carbons (Fsp3) is 0.607. The number of carbonyl (C=O) groups is 5. The van der Waals surface area contributed by atoms with Gasteiger partial charge in [0.1, 0.15) is 30.3 Å². The highest BCUT2D eigenvalue weighted by molar-refractivity contribution is 5.93. The van der Waals surface area contributed by atoms with Crippen LogP contribution in [0.1, 0.15) is 73.3 Å². The number of hydrogen-bond acceptors (Lipinski definition) is 7. The summed E-state index contributed by atoms with van der Waals surface area (Å²) in [6.45, 7) is 12.0. The summed E-state index contributed by atoms with van der Waals surface area (Å²) in [7, 11) is 0. The summed E-state index contributed by atoms with van der Waals surface area (Å²) in [5.74, 6) is -3.98. The number of carboxylic acid groups (broad SMARTS) is 1. The van der Waals surface area contributed by atoms with Gasteiger partial charge >= 0.3 is 18.0 Å². The first-order chi connectivity index (χ1) is 18.1. The van der Waals surface area contributed by atoms with Crippen LogP contribution in [-0.4, -0.2) is 58.7 Å². The maximum Gasteiger partial charge on any atom is 0.408 e. The van der Waals surface area contributed by atoms with Crippen molar-refractivity contribution in [1.82, 2.24) is 16.0 Å². The fourth-order valence-electron chi connectivity index (χ4n) is 3.55. The predicted octanol–water partition coefficient (Wildman–Crippen LogP) is 3.16. The van der Waals surface area contributed by atoms with Crippen molar-refractivity contribution in [2.45, 2.75) is 98.1 Å².